The number of hydrogen-bond acceptors (Lipinski definition) is 6. The number of nitrogens with zero attached hydrogens (tertiary/aromatic N) is 1. The summed E-state index contributed by atoms with van der Waals surface area (Å²) in [5.74, 6) is -1.81. The number of benzene rings is 1. The van der Waals surface area contributed by atoms with Crippen LogP contribution < -0.4 is 26.8 Å². The summed E-state index contributed by atoms with van der Waals surface area (Å²) in [6.45, 7) is 0.556. The highest BCUT2D eigenvalue weighted by atomic mass is 32.2. The van der Waals surface area contributed by atoms with E-state index in [1.165, 1.54) is 24.3 Å². The lowest BCUT2D eigenvalue weighted by Crippen LogP contribution is -2.49. The first-order valence-corrected chi connectivity index (χ1v) is 13.0. The van der Waals surface area contributed by atoms with Gasteiger partial charge >= 0.3 is 5.97 Å². The Morgan fingerprint density at radius 2 is 1.71 bits per heavy atom. The largest absolute Gasteiger partial charge is 0.480 e. The molecule has 12 nitrogen and oxygen atoms in total. The number of carbonyl (C=O) groups excluding carboxylic acids is 2. The molecule has 1 unspecified atom stereocenters. The molecule has 1 aliphatic carbocycles. The van der Waals surface area contributed by atoms with E-state index in [0.717, 1.165) is 12.8 Å². The summed E-state index contributed by atoms with van der Waals surface area (Å²) in [5, 5.41) is 14.9. The van der Waals surface area contributed by atoms with Crippen molar-refractivity contribution in [3.05, 3.63) is 30.3 Å². The van der Waals surface area contributed by atoms with Crippen LogP contribution in [0.5, 0.6) is 0 Å². The Hall–Kier alpha value is -3.19. The van der Waals surface area contributed by atoms with E-state index in [9.17, 15) is 27.9 Å². The first kappa shape index (κ1) is 28.1. The molecule has 1 fully saturated rings. The minimum atomic E-state index is -4.04. The number of carboxylic acids is 1. The fraction of sp³-hybridized carbons (Fsp3) is 0.545. The molecule has 194 valence electrons. The zero-order valence-corrected chi connectivity index (χ0v) is 20.3. The second kappa shape index (κ2) is 13.6. The molecule has 0 aromatic heterocycles. The molecule has 0 heterocycles. The van der Waals surface area contributed by atoms with Gasteiger partial charge in [0.15, 0.2) is 5.96 Å². The number of aliphatic carboxylic acids is 1. The lowest BCUT2D eigenvalue weighted by Gasteiger charge is -2.28. The lowest BCUT2D eigenvalue weighted by molar-refractivity contribution is -0.139. The Morgan fingerprint density at radius 3 is 2.31 bits per heavy atom. The number of carboxylic acid groups (broad SMARTS) is 1. The molecule has 0 spiro atoms. The predicted molar refractivity (Wildman–Crippen MR) is 130 cm³/mol. The molecular weight excluding hydrogens is 476 g/mol. The molecule has 2 rings (SSSR count). The molecule has 1 aliphatic rings. The van der Waals surface area contributed by atoms with Crippen LogP contribution in [0.15, 0.2) is 40.2 Å². The predicted octanol–water partition coefficient (Wildman–Crippen LogP) is -0.489. The molecule has 13 heteroatoms. The summed E-state index contributed by atoms with van der Waals surface area (Å²) < 4.78 is 26.9. The topological polar surface area (TPSA) is 206 Å². The Balaban J connectivity index is 1.73. The fourth-order valence-corrected chi connectivity index (χ4v) is 5.01. The van der Waals surface area contributed by atoms with E-state index in [0.29, 0.717) is 38.8 Å². The number of guanidine groups is 1. The Labute approximate surface area is 205 Å². The maximum Gasteiger partial charge on any atom is 0.323 e. The zero-order chi connectivity index (χ0) is 25.8. The second-order valence-electron chi connectivity index (χ2n) is 8.50. The van der Waals surface area contributed by atoms with Gasteiger partial charge in [-0.1, -0.05) is 18.2 Å². The van der Waals surface area contributed by atoms with E-state index in [2.05, 4.69) is 20.3 Å². The average molecular weight is 511 g/mol. The van der Waals surface area contributed by atoms with Crippen molar-refractivity contribution in [2.45, 2.75) is 49.5 Å². The van der Waals surface area contributed by atoms with Gasteiger partial charge in [-0.2, -0.15) is 4.72 Å². The number of amides is 2. The number of carbonyl (C=O) groups is 3. The van der Waals surface area contributed by atoms with Crippen LogP contribution >= 0.6 is 0 Å². The van der Waals surface area contributed by atoms with Crippen LogP contribution in [-0.2, 0) is 24.4 Å². The van der Waals surface area contributed by atoms with E-state index in [1.807, 2.05) is 0 Å². The molecule has 1 aromatic rings. The molecule has 2 amide bonds. The van der Waals surface area contributed by atoms with E-state index >= 15 is 0 Å². The highest BCUT2D eigenvalue weighted by Gasteiger charge is 2.29. The third-order valence-electron chi connectivity index (χ3n) is 5.79. The van der Waals surface area contributed by atoms with Crippen LogP contribution in [0.1, 0.15) is 38.5 Å². The molecule has 8 N–H and O–H groups in total. The number of nitrogens with two attached hydrogens (primary N) is 2. The van der Waals surface area contributed by atoms with Crippen molar-refractivity contribution >= 4 is 33.8 Å². The van der Waals surface area contributed by atoms with Crippen molar-refractivity contribution in [3.8, 4) is 0 Å². The quantitative estimate of drug-likeness (QED) is 0.116. The van der Waals surface area contributed by atoms with Gasteiger partial charge in [0, 0.05) is 32.0 Å². The number of nitrogens with one attached hydrogen (secondary N) is 3. The summed E-state index contributed by atoms with van der Waals surface area (Å²) in [7, 11) is -4.04. The Kier molecular flexibility index (Phi) is 10.9. The average Bonchev–Trinajstić information content (AvgIpc) is 2.83. The van der Waals surface area contributed by atoms with E-state index in [4.69, 9.17) is 11.5 Å². The highest BCUT2D eigenvalue weighted by molar-refractivity contribution is 7.89. The number of hydrogen-bond donors (Lipinski definition) is 6. The van der Waals surface area contributed by atoms with E-state index in [-0.39, 0.29) is 41.0 Å². The first-order valence-electron chi connectivity index (χ1n) is 11.5. The van der Waals surface area contributed by atoms with Crippen LogP contribution in [0.2, 0.25) is 0 Å². The van der Waals surface area contributed by atoms with E-state index < -0.39 is 22.0 Å². The molecule has 1 saturated carbocycles. The number of sulfonamides is 1. The monoisotopic (exact) mass is 510 g/mol. The smallest absolute Gasteiger partial charge is 0.323 e. The maximum atomic E-state index is 12.5. The summed E-state index contributed by atoms with van der Waals surface area (Å²) >= 11 is 0. The van der Waals surface area contributed by atoms with Crippen LogP contribution in [0.25, 0.3) is 0 Å². The molecule has 0 aliphatic heterocycles. The normalized spacial score (nSPS) is 18.7. The van der Waals surface area contributed by atoms with Gasteiger partial charge in [0.2, 0.25) is 21.8 Å². The molecular formula is C22H34N6O6S. The SMILES string of the molecule is NC(N)=NCCCC(=O)NCC1CCC(C(=O)NCC(NS(=O)(=O)c2ccccc2)C(=O)O)CC1. The Bertz CT molecular complexity index is 989. The maximum absolute atomic E-state index is 12.5. The lowest BCUT2D eigenvalue weighted by atomic mass is 9.81. The summed E-state index contributed by atoms with van der Waals surface area (Å²) in [5.41, 5.74) is 10.5. The van der Waals surface area contributed by atoms with Gasteiger partial charge in [-0.15, -0.1) is 0 Å². The summed E-state index contributed by atoms with van der Waals surface area (Å²) in [6, 6.07) is 5.92. The van der Waals surface area contributed by atoms with Crippen molar-refractivity contribution in [2.75, 3.05) is 19.6 Å². The number of aliphatic imine (C=N–C) groups is 1. The highest BCUT2D eigenvalue weighted by Crippen LogP contribution is 2.28. The van der Waals surface area contributed by atoms with Gasteiger partial charge in [-0.05, 0) is 50.2 Å². The summed E-state index contributed by atoms with van der Waals surface area (Å²) in [4.78, 5) is 39.8. The van der Waals surface area contributed by atoms with Gasteiger partial charge in [0.05, 0.1) is 4.90 Å². The van der Waals surface area contributed by atoms with Gasteiger partial charge in [0.25, 0.3) is 0 Å². The number of rotatable bonds is 13. The molecule has 35 heavy (non-hydrogen) atoms. The van der Waals surface area contributed by atoms with Crippen molar-refractivity contribution < 1.29 is 27.9 Å². The minimum Gasteiger partial charge on any atom is -0.480 e. The second-order valence-corrected chi connectivity index (χ2v) is 10.2. The van der Waals surface area contributed by atoms with Crippen molar-refractivity contribution in [2.24, 2.45) is 28.3 Å². The van der Waals surface area contributed by atoms with Crippen LogP contribution in [0.3, 0.4) is 0 Å². The van der Waals surface area contributed by atoms with Gasteiger partial charge in [-0.3, -0.25) is 19.4 Å². The standard InChI is InChI=1S/C22H34N6O6S/c23-22(24)25-12-4-7-19(29)26-13-15-8-10-16(11-9-15)20(30)27-14-18(21(31)32)28-35(33,34)17-5-2-1-3-6-17/h1-3,5-6,15-16,18,28H,4,7-14H2,(H,26,29)(H,27,30)(H,31,32)(H4,23,24,25). The summed E-state index contributed by atoms with van der Waals surface area (Å²) in [6.07, 6.45) is 3.57. The zero-order valence-electron chi connectivity index (χ0n) is 19.5. The Morgan fingerprint density at radius 1 is 1.06 bits per heavy atom. The third kappa shape index (κ3) is 9.91. The van der Waals surface area contributed by atoms with Crippen molar-refractivity contribution in [3.63, 3.8) is 0 Å². The van der Waals surface area contributed by atoms with Gasteiger partial charge in [0.1, 0.15) is 6.04 Å². The van der Waals surface area contributed by atoms with Gasteiger partial charge in [-0.25, -0.2) is 8.42 Å². The molecule has 0 saturated heterocycles. The van der Waals surface area contributed by atoms with Crippen LogP contribution in [0, 0.1) is 11.8 Å². The molecule has 1 atom stereocenters. The molecule has 0 bridgehead atoms. The van der Waals surface area contributed by atoms with E-state index in [1.54, 1.807) is 6.07 Å². The van der Waals surface area contributed by atoms with Crippen molar-refractivity contribution in [1.29, 1.82) is 0 Å². The molecule has 1 aromatic carbocycles. The first-order chi connectivity index (χ1) is 16.6. The van der Waals surface area contributed by atoms with Gasteiger partial charge < -0.3 is 27.2 Å². The fourth-order valence-electron chi connectivity index (χ4n) is 3.80. The van der Waals surface area contributed by atoms with Crippen LogP contribution in [0.4, 0.5) is 0 Å². The molecule has 0 radical (unpaired) electrons. The van der Waals surface area contributed by atoms with Crippen molar-refractivity contribution in [1.82, 2.24) is 15.4 Å². The minimum absolute atomic E-state index is 0.00170. The third-order valence-corrected chi connectivity index (χ3v) is 7.28. The van der Waals surface area contributed by atoms with Crippen LogP contribution in [-0.4, -0.2) is 62.9 Å².